The number of carbonyl (C=O) groups excluding carboxylic acids is 2. The number of aryl methyl sites for hydroxylation is 1. The highest BCUT2D eigenvalue weighted by Gasteiger charge is 2.23. The highest BCUT2D eigenvalue weighted by Crippen LogP contribution is 2.30. The molecule has 1 aliphatic rings. The molecule has 4 rings (SSSR count). The quantitative estimate of drug-likeness (QED) is 0.401. The molecule has 1 aromatic heterocycles. The van der Waals surface area contributed by atoms with Gasteiger partial charge < -0.3 is 20.3 Å². The zero-order chi connectivity index (χ0) is 25.7. The summed E-state index contributed by atoms with van der Waals surface area (Å²) in [6, 6.07) is 11.3. The Morgan fingerprint density at radius 1 is 1.14 bits per heavy atom. The van der Waals surface area contributed by atoms with Crippen LogP contribution in [0.25, 0.3) is 0 Å². The van der Waals surface area contributed by atoms with Gasteiger partial charge in [0.25, 0.3) is 5.91 Å². The van der Waals surface area contributed by atoms with E-state index < -0.39 is 0 Å². The van der Waals surface area contributed by atoms with Crippen LogP contribution in [0.3, 0.4) is 0 Å². The number of nitrogens with zero attached hydrogens (tertiary/aromatic N) is 2. The highest BCUT2D eigenvalue weighted by atomic mass is 35.5. The van der Waals surface area contributed by atoms with Crippen molar-refractivity contribution in [3.63, 3.8) is 0 Å². The SMILES string of the molecule is COc1ccc(C)c(NC(=O)c2cnc(NCC3CCN(C(=O)Cc4ccc(Cl)cc4)CC3)s2)c1C. The van der Waals surface area contributed by atoms with Crippen LogP contribution < -0.4 is 15.4 Å². The van der Waals surface area contributed by atoms with Crippen molar-refractivity contribution in [3.8, 4) is 5.75 Å². The number of carbonyl (C=O) groups is 2. The van der Waals surface area contributed by atoms with Gasteiger partial charge in [-0.3, -0.25) is 9.59 Å². The van der Waals surface area contributed by atoms with E-state index in [0.29, 0.717) is 22.2 Å². The van der Waals surface area contributed by atoms with Gasteiger partial charge in [0, 0.05) is 30.2 Å². The van der Waals surface area contributed by atoms with E-state index in [1.807, 2.05) is 55.1 Å². The molecular formula is C27H31ClN4O3S. The lowest BCUT2D eigenvalue weighted by molar-refractivity contribution is -0.131. The average Bonchev–Trinajstić information content (AvgIpc) is 3.36. The van der Waals surface area contributed by atoms with Crippen molar-refractivity contribution in [3.05, 3.63) is 69.2 Å². The number of thiazole rings is 1. The summed E-state index contributed by atoms with van der Waals surface area (Å²) < 4.78 is 5.37. The normalized spacial score (nSPS) is 13.9. The Balaban J connectivity index is 1.24. The summed E-state index contributed by atoms with van der Waals surface area (Å²) in [5.74, 6) is 1.15. The fourth-order valence-corrected chi connectivity index (χ4v) is 5.23. The maximum Gasteiger partial charge on any atom is 0.267 e. The zero-order valence-corrected chi connectivity index (χ0v) is 22.3. The van der Waals surface area contributed by atoms with Gasteiger partial charge in [-0.05, 0) is 61.9 Å². The molecule has 2 amide bonds. The Morgan fingerprint density at radius 3 is 2.56 bits per heavy atom. The summed E-state index contributed by atoms with van der Waals surface area (Å²) in [6.07, 6.45) is 3.88. The van der Waals surface area contributed by atoms with Gasteiger partial charge in [-0.15, -0.1) is 0 Å². The number of ether oxygens (including phenoxy) is 1. The summed E-state index contributed by atoms with van der Waals surface area (Å²) in [5, 5.41) is 7.78. The molecule has 2 aromatic carbocycles. The van der Waals surface area contributed by atoms with Gasteiger partial charge in [-0.1, -0.05) is 41.1 Å². The van der Waals surface area contributed by atoms with Crippen molar-refractivity contribution in [1.82, 2.24) is 9.88 Å². The van der Waals surface area contributed by atoms with Crippen molar-refractivity contribution in [2.45, 2.75) is 33.1 Å². The molecule has 0 unspecified atom stereocenters. The van der Waals surface area contributed by atoms with Gasteiger partial charge >= 0.3 is 0 Å². The van der Waals surface area contributed by atoms with Crippen LogP contribution in [0.2, 0.25) is 5.02 Å². The van der Waals surface area contributed by atoms with Crippen molar-refractivity contribution in [2.75, 3.05) is 37.4 Å². The lowest BCUT2D eigenvalue weighted by atomic mass is 9.96. The molecule has 9 heteroatoms. The van der Waals surface area contributed by atoms with Crippen LogP contribution in [0.15, 0.2) is 42.6 Å². The number of hydrogen-bond acceptors (Lipinski definition) is 6. The van der Waals surface area contributed by atoms with Gasteiger partial charge in [-0.25, -0.2) is 4.98 Å². The minimum atomic E-state index is -0.187. The molecule has 3 aromatic rings. The van der Waals surface area contributed by atoms with E-state index in [0.717, 1.165) is 65.7 Å². The van der Waals surface area contributed by atoms with E-state index >= 15 is 0 Å². The first kappa shape index (κ1) is 26.0. The lowest BCUT2D eigenvalue weighted by Gasteiger charge is -2.32. The summed E-state index contributed by atoms with van der Waals surface area (Å²) in [6.45, 7) is 6.16. The van der Waals surface area contributed by atoms with E-state index in [1.165, 1.54) is 11.3 Å². The molecule has 2 heterocycles. The standard InChI is InChI=1S/C27H31ClN4O3S/c1-17-4-9-22(35-3)18(2)25(17)31-26(34)23-16-30-27(36-23)29-15-20-10-12-32(13-11-20)24(33)14-19-5-7-21(28)8-6-19/h4-9,16,20H,10-15H2,1-3H3,(H,29,30)(H,31,34). The van der Waals surface area contributed by atoms with Crippen molar-refractivity contribution >= 4 is 45.6 Å². The summed E-state index contributed by atoms with van der Waals surface area (Å²) >= 11 is 7.27. The van der Waals surface area contributed by atoms with Crippen molar-refractivity contribution in [1.29, 1.82) is 0 Å². The Bertz CT molecular complexity index is 1220. The number of halogens is 1. The topological polar surface area (TPSA) is 83.6 Å². The van der Waals surface area contributed by atoms with E-state index in [2.05, 4.69) is 15.6 Å². The number of rotatable bonds is 8. The minimum absolute atomic E-state index is 0.154. The number of benzene rings is 2. The predicted molar refractivity (Wildman–Crippen MR) is 145 cm³/mol. The van der Waals surface area contributed by atoms with Gasteiger partial charge in [0.2, 0.25) is 5.91 Å². The number of likely N-dealkylation sites (tertiary alicyclic amines) is 1. The molecule has 1 fully saturated rings. The van der Waals surface area contributed by atoms with E-state index in [4.69, 9.17) is 16.3 Å². The Kier molecular flexibility index (Phi) is 8.48. The van der Waals surface area contributed by atoms with E-state index in [9.17, 15) is 9.59 Å². The molecule has 0 atom stereocenters. The van der Waals surface area contributed by atoms with Crippen LogP contribution in [-0.4, -0.2) is 48.4 Å². The molecule has 7 nitrogen and oxygen atoms in total. The molecule has 190 valence electrons. The Morgan fingerprint density at radius 2 is 1.86 bits per heavy atom. The van der Waals surface area contributed by atoms with Gasteiger partial charge in [-0.2, -0.15) is 0 Å². The third-order valence-corrected chi connectivity index (χ3v) is 7.80. The molecule has 36 heavy (non-hydrogen) atoms. The van der Waals surface area contributed by atoms with Gasteiger partial charge in [0.1, 0.15) is 10.6 Å². The van der Waals surface area contributed by atoms with Crippen LogP contribution in [0.5, 0.6) is 5.75 Å². The van der Waals surface area contributed by atoms with Gasteiger partial charge in [0.15, 0.2) is 5.13 Å². The molecule has 1 saturated heterocycles. The maximum absolute atomic E-state index is 12.8. The number of anilines is 2. The van der Waals surface area contributed by atoms with Crippen molar-refractivity contribution in [2.24, 2.45) is 5.92 Å². The largest absolute Gasteiger partial charge is 0.496 e. The monoisotopic (exact) mass is 526 g/mol. The van der Waals surface area contributed by atoms with Crippen LogP contribution in [0.1, 0.15) is 39.2 Å². The zero-order valence-electron chi connectivity index (χ0n) is 20.8. The van der Waals surface area contributed by atoms with Crippen LogP contribution in [0, 0.1) is 19.8 Å². The Labute approximate surface area is 220 Å². The first-order valence-electron chi connectivity index (χ1n) is 12.0. The van der Waals surface area contributed by atoms with Gasteiger partial charge in [0.05, 0.1) is 25.4 Å². The molecule has 0 saturated carbocycles. The lowest BCUT2D eigenvalue weighted by Crippen LogP contribution is -2.40. The van der Waals surface area contributed by atoms with E-state index in [-0.39, 0.29) is 11.8 Å². The number of methoxy groups -OCH3 is 1. The summed E-state index contributed by atoms with van der Waals surface area (Å²) in [7, 11) is 1.62. The van der Waals surface area contributed by atoms with Crippen molar-refractivity contribution < 1.29 is 14.3 Å². The first-order valence-corrected chi connectivity index (χ1v) is 13.2. The molecular weight excluding hydrogens is 496 g/mol. The van der Waals surface area contributed by atoms with Crippen LogP contribution in [0.4, 0.5) is 10.8 Å². The predicted octanol–water partition coefficient (Wildman–Crippen LogP) is 5.57. The second-order valence-corrected chi connectivity index (χ2v) is 10.5. The van der Waals surface area contributed by atoms with Crippen LogP contribution >= 0.6 is 22.9 Å². The number of aromatic nitrogens is 1. The molecule has 0 bridgehead atoms. The summed E-state index contributed by atoms with van der Waals surface area (Å²) in [5.41, 5.74) is 3.61. The smallest absolute Gasteiger partial charge is 0.267 e. The summed E-state index contributed by atoms with van der Waals surface area (Å²) in [4.78, 5) is 32.3. The highest BCUT2D eigenvalue weighted by molar-refractivity contribution is 7.17. The number of hydrogen-bond donors (Lipinski definition) is 2. The number of amides is 2. The first-order chi connectivity index (χ1) is 17.3. The molecule has 0 radical (unpaired) electrons. The number of piperidine rings is 1. The van der Waals surface area contributed by atoms with E-state index in [1.54, 1.807) is 13.3 Å². The third kappa shape index (κ3) is 6.36. The molecule has 1 aliphatic heterocycles. The molecule has 0 aliphatic carbocycles. The maximum atomic E-state index is 12.8. The minimum Gasteiger partial charge on any atom is -0.496 e. The molecule has 0 spiro atoms. The molecule has 2 N–H and O–H groups in total. The third-order valence-electron chi connectivity index (χ3n) is 6.59. The number of nitrogens with one attached hydrogen (secondary N) is 2. The fraction of sp³-hybridized carbons (Fsp3) is 0.370. The Hall–Kier alpha value is -3.10. The second kappa shape index (κ2) is 11.8. The average molecular weight is 527 g/mol. The van der Waals surface area contributed by atoms with Crippen LogP contribution in [-0.2, 0) is 11.2 Å². The fourth-order valence-electron chi connectivity index (χ4n) is 4.38. The second-order valence-electron chi connectivity index (χ2n) is 9.08.